The van der Waals surface area contributed by atoms with Crippen molar-refractivity contribution in [2.75, 3.05) is 0 Å². The van der Waals surface area contributed by atoms with Crippen LogP contribution in [-0.2, 0) is 6.54 Å². The van der Waals surface area contributed by atoms with Gasteiger partial charge < -0.3 is 4.52 Å². The Morgan fingerprint density at radius 2 is 1.66 bits per heavy atom. The summed E-state index contributed by atoms with van der Waals surface area (Å²) >= 11 is 0. The Hall–Kier alpha value is -4.08. The van der Waals surface area contributed by atoms with Crippen LogP contribution in [0.1, 0.15) is 11.3 Å². The molecule has 2 aromatic carbocycles. The van der Waals surface area contributed by atoms with Gasteiger partial charge in [-0.05, 0) is 25.1 Å². The van der Waals surface area contributed by atoms with E-state index in [1.54, 1.807) is 24.4 Å². The number of fused-ring (bicyclic) bond motifs is 1. The summed E-state index contributed by atoms with van der Waals surface area (Å²) in [6.45, 7) is 1.23. The number of aromatic nitrogens is 5. The van der Waals surface area contributed by atoms with Gasteiger partial charge in [0.1, 0.15) is 35.3 Å². The van der Waals surface area contributed by atoms with Crippen molar-refractivity contribution >= 4 is 0 Å². The van der Waals surface area contributed by atoms with Gasteiger partial charge in [-0.1, -0.05) is 17.3 Å². The van der Waals surface area contributed by atoms with E-state index >= 15 is 0 Å². The first-order valence-electron chi connectivity index (χ1n) is 9.46. The number of nitrogens with zero attached hydrogens (tertiary/aromatic N) is 5. The molecule has 2 aliphatic heterocycles. The second-order valence-electron chi connectivity index (χ2n) is 7.11. The van der Waals surface area contributed by atoms with E-state index in [0.717, 1.165) is 13.0 Å². The third-order valence-electron chi connectivity index (χ3n) is 4.97. The summed E-state index contributed by atoms with van der Waals surface area (Å²) < 4.78 is 62.6. The first kappa shape index (κ1) is 19.9. The zero-order valence-corrected chi connectivity index (χ0v) is 16.5. The minimum atomic E-state index is -1.27. The maximum atomic E-state index is 14.2. The first-order valence-corrected chi connectivity index (χ1v) is 9.46. The molecule has 10 heteroatoms. The van der Waals surface area contributed by atoms with Gasteiger partial charge in [0, 0.05) is 17.2 Å². The van der Waals surface area contributed by atoms with E-state index in [0.29, 0.717) is 11.4 Å². The van der Waals surface area contributed by atoms with Crippen LogP contribution in [-0.4, -0.2) is 24.9 Å². The number of imidazole rings is 1. The fourth-order valence-electron chi connectivity index (χ4n) is 3.26. The molecule has 3 heterocycles. The van der Waals surface area contributed by atoms with Crippen LogP contribution in [0.3, 0.4) is 0 Å². The Labute approximate surface area is 178 Å². The van der Waals surface area contributed by atoms with Crippen LogP contribution in [0, 0.1) is 30.2 Å². The summed E-state index contributed by atoms with van der Waals surface area (Å²) in [6, 6.07) is 8.41. The fraction of sp³-hybridized carbons (Fsp3) is 0.0909. The first-order chi connectivity index (χ1) is 15.4. The summed E-state index contributed by atoms with van der Waals surface area (Å²) in [5.74, 6) is -3.29. The minimum Gasteiger partial charge on any atom is -0.359 e. The molecule has 0 atom stereocenters. The lowest BCUT2D eigenvalue weighted by Gasteiger charge is -2.04. The van der Waals surface area contributed by atoms with Crippen LogP contribution < -0.4 is 0 Å². The molecular weight excluding hydrogens is 426 g/mol. The molecule has 5 rings (SSSR count). The molecule has 1 aromatic heterocycles. The van der Waals surface area contributed by atoms with E-state index in [1.165, 1.54) is 23.0 Å². The van der Waals surface area contributed by atoms with Gasteiger partial charge in [-0.2, -0.15) is 5.10 Å². The zero-order valence-electron chi connectivity index (χ0n) is 16.5. The van der Waals surface area contributed by atoms with E-state index in [2.05, 4.69) is 20.2 Å². The van der Waals surface area contributed by atoms with E-state index in [4.69, 9.17) is 4.52 Å². The molecular formula is C22H13F4N5O. The zero-order chi connectivity index (χ0) is 22.4. The molecule has 0 amide bonds. The number of benzene rings is 2. The van der Waals surface area contributed by atoms with E-state index < -0.39 is 28.8 Å². The third kappa shape index (κ3) is 3.39. The highest BCUT2D eigenvalue weighted by molar-refractivity contribution is 5.65. The largest absolute Gasteiger partial charge is 0.359 e. The Balaban J connectivity index is 1.43. The predicted molar refractivity (Wildman–Crippen MR) is 105 cm³/mol. The molecule has 160 valence electrons. The second kappa shape index (κ2) is 7.56. The summed E-state index contributed by atoms with van der Waals surface area (Å²) in [4.78, 5) is 8.64. The number of hydrogen-bond acceptors (Lipinski definition) is 5. The van der Waals surface area contributed by atoms with Crippen LogP contribution in [0.4, 0.5) is 17.6 Å². The number of rotatable bonds is 4. The fourth-order valence-corrected chi connectivity index (χ4v) is 3.26. The topological polar surface area (TPSA) is 69.6 Å². The van der Waals surface area contributed by atoms with E-state index in [1.807, 2.05) is 0 Å². The quantitative estimate of drug-likeness (QED) is 0.291. The monoisotopic (exact) mass is 439 g/mol. The van der Waals surface area contributed by atoms with Crippen LogP contribution in [0.25, 0.3) is 34.0 Å². The molecule has 0 aliphatic carbocycles. The lowest BCUT2D eigenvalue weighted by atomic mass is 10.1. The highest BCUT2D eigenvalue weighted by Gasteiger charge is 2.20. The molecule has 0 spiro atoms. The van der Waals surface area contributed by atoms with Crippen molar-refractivity contribution in [2.24, 2.45) is 0 Å². The second-order valence-corrected chi connectivity index (χ2v) is 7.11. The maximum absolute atomic E-state index is 14.2. The van der Waals surface area contributed by atoms with Crippen LogP contribution in [0.15, 0.2) is 53.3 Å². The molecule has 0 fully saturated rings. The molecule has 3 aromatic rings. The molecule has 0 bridgehead atoms. The number of hydrogen-bond donors (Lipinski definition) is 0. The molecule has 0 N–H and O–H groups in total. The van der Waals surface area contributed by atoms with Gasteiger partial charge >= 0.3 is 0 Å². The van der Waals surface area contributed by atoms with Gasteiger partial charge in [0.15, 0.2) is 23.2 Å². The molecule has 0 saturated carbocycles. The lowest BCUT2D eigenvalue weighted by Crippen LogP contribution is -2.04. The van der Waals surface area contributed by atoms with Crippen molar-refractivity contribution in [1.29, 1.82) is 0 Å². The normalized spacial score (nSPS) is 11.4. The van der Waals surface area contributed by atoms with Crippen molar-refractivity contribution in [2.45, 2.75) is 13.5 Å². The maximum Gasteiger partial charge on any atom is 0.168 e. The minimum absolute atomic E-state index is 0.0491. The van der Waals surface area contributed by atoms with Gasteiger partial charge in [0.25, 0.3) is 0 Å². The average molecular weight is 439 g/mol. The van der Waals surface area contributed by atoms with Crippen LogP contribution >= 0.6 is 0 Å². The Kier molecular flexibility index (Phi) is 4.69. The van der Waals surface area contributed by atoms with Crippen molar-refractivity contribution < 1.29 is 22.1 Å². The third-order valence-corrected chi connectivity index (χ3v) is 4.97. The Morgan fingerprint density at radius 1 is 0.875 bits per heavy atom. The highest BCUT2D eigenvalue weighted by Crippen LogP contribution is 2.29. The van der Waals surface area contributed by atoms with Gasteiger partial charge in [0.05, 0.1) is 18.0 Å². The summed E-state index contributed by atoms with van der Waals surface area (Å²) in [6.07, 6.45) is 3.05. The van der Waals surface area contributed by atoms with E-state index in [-0.39, 0.29) is 35.0 Å². The molecule has 6 nitrogen and oxygen atoms in total. The van der Waals surface area contributed by atoms with Gasteiger partial charge in [-0.25, -0.2) is 27.5 Å². The molecule has 0 radical (unpaired) electrons. The molecule has 32 heavy (non-hydrogen) atoms. The van der Waals surface area contributed by atoms with Gasteiger partial charge in [-0.3, -0.25) is 4.68 Å². The summed E-state index contributed by atoms with van der Waals surface area (Å²) in [5.41, 5.74) is 0.429. The van der Waals surface area contributed by atoms with Gasteiger partial charge in [-0.15, -0.1) is 0 Å². The number of halogens is 4. The lowest BCUT2D eigenvalue weighted by molar-refractivity contribution is 0.371. The highest BCUT2D eigenvalue weighted by atomic mass is 19.2. The standard InChI is InChI=1S/C22H13F4N5O/c1-11-16(24)7-14(21(26)20(11)25)17-6-12(32-30-17)9-31-10-19-18(8-27-31)28-22(29-19)13-4-2-3-5-15(13)23/h2-8,10H,9H2,1H3. The van der Waals surface area contributed by atoms with Gasteiger partial charge in [0.2, 0.25) is 0 Å². The summed E-state index contributed by atoms with van der Waals surface area (Å²) in [7, 11) is 0. The molecule has 0 unspecified atom stereocenters. The van der Waals surface area contributed by atoms with Crippen molar-refractivity contribution in [3.63, 3.8) is 0 Å². The van der Waals surface area contributed by atoms with Crippen molar-refractivity contribution in [3.05, 3.63) is 83.4 Å². The predicted octanol–water partition coefficient (Wildman–Crippen LogP) is 5.01. The Morgan fingerprint density at radius 3 is 2.47 bits per heavy atom. The SMILES string of the molecule is Cc1c(F)cc(-c2cc(Cn3cc4nc(-c5ccccc5F)nc-4cn3)on2)c(F)c1F. The van der Waals surface area contributed by atoms with Crippen molar-refractivity contribution in [1.82, 2.24) is 24.9 Å². The van der Waals surface area contributed by atoms with E-state index in [9.17, 15) is 17.6 Å². The van der Waals surface area contributed by atoms with Crippen LogP contribution in [0.5, 0.6) is 0 Å². The smallest absolute Gasteiger partial charge is 0.168 e. The average Bonchev–Trinajstić information content (AvgIpc) is 3.42. The molecule has 2 aliphatic rings. The van der Waals surface area contributed by atoms with Crippen LogP contribution in [0.2, 0.25) is 0 Å². The Bertz CT molecular complexity index is 1430. The summed E-state index contributed by atoms with van der Waals surface area (Å²) in [5, 5.41) is 7.92. The molecule has 0 saturated heterocycles. The van der Waals surface area contributed by atoms with Crippen molar-refractivity contribution in [3.8, 4) is 34.0 Å².